The Labute approximate surface area is 147 Å². The summed E-state index contributed by atoms with van der Waals surface area (Å²) in [5, 5.41) is 3.32. The fourth-order valence-electron chi connectivity index (χ4n) is 2.02. The van der Waals surface area contributed by atoms with Crippen molar-refractivity contribution in [3.8, 4) is 11.5 Å². The van der Waals surface area contributed by atoms with Gasteiger partial charge >= 0.3 is 5.97 Å². The molecule has 0 heterocycles. The lowest BCUT2D eigenvalue weighted by atomic mass is 10.1. The summed E-state index contributed by atoms with van der Waals surface area (Å²) in [5.41, 5.74) is 1.25. The van der Waals surface area contributed by atoms with Crippen molar-refractivity contribution in [3.05, 3.63) is 53.1 Å². The molecular weight excluding hydrogens is 326 g/mol. The molecule has 0 atom stereocenters. The van der Waals surface area contributed by atoms with Gasteiger partial charge < -0.3 is 14.8 Å². The fourth-order valence-corrected chi connectivity index (χ4v) is 2.26. The Morgan fingerprint density at radius 1 is 1.12 bits per heavy atom. The Balaban J connectivity index is 2.00. The van der Waals surface area contributed by atoms with Gasteiger partial charge in [-0.15, -0.1) is 0 Å². The molecule has 0 spiro atoms. The van der Waals surface area contributed by atoms with E-state index in [1.807, 2.05) is 19.2 Å². The van der Waals surface area contributed by atoms with E-state index in [1.165, 1.54) is 0 Å². The molecule has 0 unspecified atom stereocenters. The SMILES string of the molecule is CNc1ccc(OC(=O)c2ccc(OCCC(C)C)cc2Cl)cc1. The van der Waals surface area contributed by atoms with Gasteiger partial charge in [-0.25, -0.2) is 4.79 Å². The van der Waals surface area contributed by atoms with Gasteiger partial charge in [-0.3, -0.25) is 0 Å². The largest absolute Gasteiger partial charge is 0.494 e. The molecule has 0 fully saturated rings. The Morgan fingerprint density at radius 2 is 1.79 bits per heavy atom. The monoisotopic (exact) mass is 347 g/mol. The first-order valence-corrected chi connectivity index (χ1v) is 8.29. The lowest BCUT2D eigenvalue weighted by molar-refractivity contribution is 0.0735. The smallest absolute Gasteiger partial charge is 0.345 e. The van der Waals surface area contributed by atoms with Gasteiger partial charge in [0.2, 0.25) is 0 Å². The first-order valence-electron chi connectivity index (χ1n) is 7.92. The molecule has 2 rings (SSSR count). The molecule has 24 heavy (non-hydrogen) atoms. The van der Waals surface area contributed by atoms with Crippen LogP contribution in [-0.4, -0.2) is 19.6 Å². The van der Waals surface area contributed by atoms with Crippen LogP contribution in [0.25, 0.3) is 0 Å². The highest BCUT2D eigenvalue weighted by molar-refractivity contribution is 6.33. The van der Waals surface area contributed by atoms with E-state index < -0.39 is 5.97 Å². The highest BCUT2D eigenvalue weighted by atomic mass is 35.5. The summed E-state index contributed by atoms with van der Waals surface area (Å²) in [7, 11) is 1.82. The minimum atomic E-state index is -0.495. The number of esters is 1. The van der Waals surface area contributed by atoms with Crippen LogP contribution in [0.4, 0.5) is 5.69 Å². The molecule has 0 saturated carbocycles. The Hall–Kier alpha value is -2.20. The third-order valence-electron chi connectivity index (χ3n) is 3.48. The molecule has 2 aromatic carbocycles. The lowest BCUT2D eigenvalue weighted by Gasteiger charge is -2.10. The van der Waals surface area contributed by atoms with Gasteiger partial charge in [0.25, 0.3) is 0 Å². The van der Waals surface area contributed by atoms with Crippen molar-refractivity contribution in [2.75, 3.05) is 19.0 Å². The Kier molecular flexibility index (Phi) is 6.50. The van der Waals surface area contributed by atoms with E-state index in [-0.39, 0.29) is 0 Å². The number of anilines is 1. The average Bonchev–Trinajstić information content (AvgIpc) is 2.55. The summed E-state index contributed by atoms with van der Waals surface area (Å²) in [6.45, 7) is 4.90. The van der Waals surface area contributed by atoms with Gasteiger partial charge in [0.15, 0.2) is 0 Å². The molecule has 1 N–H and O–H groups in total. The predicted octanol–water partition coefficient (Wildman–Crippen LogP) is 5.03. The van der Waals surface area contributed by atoms with Crippen molar-refractivity contribution in [2.24, 2.45) is 5.92 Å². The molecule has 4 nitrogen and oxygen atoms in total. The maximum Gasteiger partial charge on any atom is 0.345 e. The summed E-state index contributed by atoms with van der Waals surface area (Å²) in [5.74, 6) is 1.19. The van der Waals surface area contributed by atoms with Gasteiger partial charge in [0, 0.05) is 12.7 Å². The van der Waals surface area contributed by atoms with Crippen molar-refractivity contribution >= 4 is 23.3 Å². The second-order valence-corrected chi connectivity index (χ2v) is 6.24. The normalized spacial score (nSPS) is 10.5. The molecule has 0 aromatic heterocycles. The zero-order valence-electron chi connectivity index (χ0n) is 14.1. The third kappa shape index (κ3) is 5.17. The van der Waals surface area contributed by atoms with Crippen molar-refractivity contribution in [3.63, 3.8) is 0 Å². The number of carbonyl (C=O) groups excluding carboxylic acids is 1. The van der Waals surface area contributed by atoms with Crippen LogP contribution in [0.1, 0.15) is 30.6 Å². The standard InChI is InChI=1S/C19H22ClNO3/c1-13(2)10-11-23-16-8-9-17(18(20)12-16)19(22)24-15-6-4-14(21-3)5-7-15/h4-9,12-13,21H,10-11H2,1-3H3. The van der Waals surface area contributed by atoms with Gasteiger partial charge in [0.1, 0.15) is 11.5 Å². The van der Waals surface area contributed by atoms with Crippen LogP contribution in [0.15, 0.2) is 42.5 Å². The van der Waals surface area contributed by atoms with Gasteiger partial charge in [-0.1, -0.05) is 25.4 Å². The van der Waals surface area contributed by atoms with E-state index in [0.29, 0.717) is 34.6 Å². The maximum atomic E-state index is 12.2. The number of benzene rings is 2. The molecule has 5 heteroatoms. The average molecular weight is 348 g/mol. The molecule has 0 aliphatic carbocycles. The van der Waals surface area contributed by atoms with E-state index in [1.54, 1.807) is 30.3 Å². The Morgan fingerprint density at radius 3 is 2.38 bits per heavy atom. The topological polar surface area (TPSA) is 47.6 Å². The van der Waals surface area contributed by atoms with Crippen LogP contribution < -0.4 is 14.8 Å². The van der Waals surface area contributed by atoms with E-state index in [4.69, 9.17) is 21.1 Å². The quantitative estimate of drug-likeness (QED) is 0.564. The van der Waals surface area contributed by atoms with Crippen LogP contribution in [0.2, 0.25) is 5.02 Å². The van der Waals surface area contributed by atoms with Crippen molar-refractivity contribution in [1.82, 2.24) is 0 Å². The zero-order chi connectivity index (χ0) is 17.5. The van der Waals surface area contributed by atoms with Crippen molar-refractivity contribution in [1.29, 1.82) is 0 Å². The summed E-state index contributed by atoms with van der Waals surface area (Å²) in [4.78, 5) is 12.2. The number of ether oxygens (including phenoxy) is 2. The van der Waals surface area contributed by atoms with Gasteiger partial charge in [-0.05, 0) is 54.8 Å². The number of hydrogen-bond donors (Lipinski definition) is 1. The highest BCUT2D eigenvalue weighted by Gasteiger charge is 2.14. The zero-order valence-corrected chi connectivity index (χ0v) is 14.9. The summed E-state index contributed by atoms with van der Waals surface area (Å²) < 4.78 is 11.0. The first-order chi connectivity index (χ1) is 11.5. The van der Waals surface area contributed by atoms with E-state index in [9.17, 15) is 4.79 Å². The van der Waals surface area contributed by atoms with Crippen molar-refractivity contribution in [2.45, 2.75) is 20.3 Å². The fraction of sp³-hybridized carbons (Fsp3) is 0.316. The molecule has 0 radical (unpaired) electrons. The predicted molar refractivity (Wildman–Crippen MR) is 97.3 cm³/mol. The Bertz CT molecular complexity index is 684. The lowest BCUT2D eigenvalue weighted by Crippen LogP contribution is -2.09. The number of rotatable bonds is 7. The highest BCUT2D eigenvalue weighted by Crippen LogP contribution is 2.25. The van der Waals surface area contributed by atoms with Crippen LogP contribution in [0, 0.1) is 5.92 Å². The van der Waals surface area contributed by atoms with Crippen LogP contribution >= 0.6 is 11.6 Å². The summed E-state index contributed by atoms with van der Waals surface area (Å²) in [6, 6.07) is 12.1. The molecule has 0 aliphatic rings. The van der Waals surface area contributed by atoms with E-state index in [0.717, 1.165) is 12.1 Å². The van der Waals surface area contributed by atoms with Crippen molar-refractivity contribution < 1.29 is 14.3 Å². The molecule has 0 amide bonds. The number of halogens is 1. The second kappa shape index (κ2) is 8.60. The summed E-state index contributed by atoms with van der Waals surface area (Å²) >= 11 is 6.19. The minimum Gasteiger partial charge on any atom is -0.494 e. The second-order valence-electron chi connectivity index (χ2n) is 5.84. The van der Waals surface area contributed by atoms with Crippen LogP contribution in [0.5, 0.6) is 11.5 Å². The van der Waals surface area contributed by atoms with Crippen LogP contribution in [-0.2, 0) is 0 Å². The minimum absolute atomic E-state index is 0.311. The molecule has 0 aliphatic heterocycles. The molecule has 0 bridgehead atoms. The first kappa shape index (κ1) is 18.1. The van der Waals surface area contributed by atoms with Gasteiger partial charge in [0.05, 0.1) is 17.2 Å². The molecular formula is C19H22ClNO3. The molecule has 128 valence electrons. The number of hydrogen-bond acceptors (Lipinski definition) is 4. The number of carbonyl (C=O) groups is 1. The third-order valence-corrected chi connectivity index (χ3v) is 3.79. The van der Waals surface area contributed by atoms with E-state index >= 15 is 0 Å². The summed E-state index contributed by atoms with van der Waals surface area (Å²) in [6.07, 6.45) is 0.962. The number of nitrogens with one attached hydrogen (secondary N) is 1. The molecule has 2 aromatic rings. The molecule has 0 saturated heterocycles. The van der Waals surface area contributed by atoms with Crippen LogP contribution in [0.3, 0.4) is 0 Å². The van der Waals surface area contributed by atoms with E-state index in [2.05, 4.69) is 19.2 Å². The van der Waals surface area contributed by atoms with Gasteiger partial charge in [-0.2, -0.15) is 0 Å². The maximum absolute atomic E-state index is 12.2.